The van der Waals surface area contributed by atoms with Crippen molar-refractivity contribution >= 4 is 14.3 Å². The molecule has 2 aromatic rings. The van der Waals surface area contributed by atoms with E-state index in [1.807, 2.05) is 88.7 Å². The molecule has 0 spiro atoms. The molecule has 3 atom stereocenters. The van der Waals surface area contributed by atoms with Gasteiger partial charge in [0.1, 0.15) is 11.8 Å². The number of nitrogens with zero attached hydrogens (tertiary/aromatic N) is 2. The number of hydrogen-bond acceptors (Lipinski definition) is 3. The van der Waals surface area contributed by atoms with Crippen LogP contribution in [-0.2, 0) is 10.0 Å². The van der Waals surface area contributed by atoms with Gasteiger partial charge in [-0.1, -0.05) is 93.6 Å². The van der Waals surface area contributed by atoms with E-state index in [2.05, 4.69) is 20.8 Å². The van der Waals surface area contributed by atoms with E-state index >= 15 is 0 Å². The van der Waals surface area contributed by atoms with Gasteiger partial charge in [-0.3, -0.25) is 4.90 Å². The molecule has 6 heteroatoms. The Kier molecular flexibility index (Phi) is 6.94. The second-order valence-electron chi connectivity index (χ2n) is 10.3. The van der Waals surface area contributed by atoms with Crippen LogP contribution in [0.25, 0.3) is 0 Å². The lowest BCUT2D eigenvalue weighted by Crippen LogP contribution is -2.50. The van der Waals surface area contributed by atoms with Crippen molar-refractivity contribution in [1.29, 1.82) is 0 Å². The number of carbonyl (C=O) groups excluding carboxylic acids is 1. The fourth-order valence-electron chi connectivity index (χ4n) is 6.35. The number of fused-ring (bicyclic) bond motifs is 1. The molecule has 2 aliphatic heterocycles. The summed E-state index contributed by atoms with van der Waals surface area (Å²) in [6.45, 7) is 7.46. The minimum atomic E-state index is -1.99. The Labute approximate surface area is 216 Å². The second kappa shape index (κ2) is 10.00. The van der Waals surface area contributed by atoms with Gasteiger partial charge in [0.2, 0.25) is 0 Å². The molecular weight excluding hydrogens is 464 g/mol. The number of hydrogen-bond donors (Lipinski definition) is 1. The molecule has 3 aliphatic rings. The number of allylic oxidation sites excluding steroid dienone is 2. The van der Waals surface area contributed by atoms with Crippen molar-refractivity contribution in [3.8, 4) is 0 Å². The van der Waals surface area contributed by atoms with Gasteiger partial charge in [-0.2, -0.15) is 0 Å². The number of urea groups is 1. The van der Waals surface area contributed by atoms with E-state index in [1.165, 1.54) is 0 Å². The maximum absolute atomic E-state index is 13.9. The van der Waals surface area contributed by atoms with Gasteiger partial charge in [0, 0.05) is 12.2 Å². The molecule has 0 radical (unpaired) electrons. The fraction of sp³-hybridized carbons (Fsp3) is 0.433. The maximum atomic E-state index is 13.9. The van der Waals surface area contributed by atoms with Crippen LogP contribution in [0.4, 0.5) is 4.79 Å². The van der Waals surface area contributed by atoms with Crippen LogP contribution >= 0.6 is 0 Å². The summed E-state index contributed by atoms with van der Waals surface area (Å²) < 4.78 is 7.08. The first-order valence-corrected chi connectivity index (χ1v) is 16.0. The highest BCUT2D eigenvalue weighted by Gasteiger charge is 2.55. The van der Waals surface area contributed by atoms with Crippen molar-refractivity contribution in [3.63, 3.8) is 0 Å². The molecule has 2 amide bonds. The van der Waals surface area contributed by atoms with Crippen LogP contribution in [0.5, 0.6) is 0 Å². The molecule has 5 rings (SSSR count). The van der Waals surface area contributed by atoms with Gasteiger partial charge in [0.05, 0.1) is 12.0 Å². The van der Waals surface area contributed by atoms with Crippen molar-refractivity contribution in [2.75, 3.05) is 6.54 Å². The van der Waals surface area contributed by atoms with Crippen LogP contribution in [0, 0.1) is 5.92 Å². The van der Waals surface area contributed by atoms with E-state index in [0.717, 1.165) is 54.3 Å². The highest BCUT2D eigenvalue weighted by Crippen LogP contribution is 2.47. The molecule has 36 heavy (non-hydrogen) atoms. The number of aliphatic hydroxyl groups is 1. The summed E-state index contributed by atoms with van der Waals surface area (Å²) in [5.74, 6) is -0.418. The van der Waals surface area contributed by atoms with E-state index in [-0.39, 0.29) is 18.3 Å². The lowest BCUT2D eigenvalue weighted by atomic mass is 9.75. The van der Waals surface area contributed by atoms with Gasteiger partial charge in [0.15, 0.2) is 8.32 Å². The monoisotopic (exact) mass is 502 g/mol. The third-order valence-electron chi connectivity index (χ3n) is 8.68. The van der Waals surface area contributed by atoms with Gasteiger partial charge in [-0.25, -0.2) is 4.79 Å². The zero-order valence-electron chi connectivity index (χ0n) is 21.6. The largest absolute Gasteiger partial charge is 0.395 e. The van der Waals surface area contributed by atoms with Crippen molar-refractivity contribution in [3.05, 3.63) is 95.7 Å². The highest BCUT2D eigenvalue weighted by molar-refractivity contribution is 6.73. The lowest BCUT2D eigenvalue weighted by molar-refractivity contribution is 0.0211. The Morgan fingerprint density at radius 1 is 0.972 bits per heavy atom. The minimum Gasteiger partial charge on any atom is -0.395 e. The van der Waals surface area contributed by atoms with E-state index in [1.54, 1.807) is 0 Å². The SMILES string of the molecule is CC[Si](CC)(CC)O[C@@H]1[C@@H]2CCCN2C(=O)N1C1=CC=CC1C(O)(c1ccccc1)c1ccccc1. The summed E-state index contributed by atoms with van der Waals surface area (Å²) in [5, 5.41) is 12.6. The average molecular weight is 503 g/mol. The zero-order chi connectivity index (χ0) is 25.3. The Morgan fingerprint density at radius 2 is 1.56 bits per heavy atom. The van der Waals surface area contributed by atoms with Crippen LogP contribution in [0.1, 0.15) is 44.7 Å². The van der Waals surface area contributed by atoms with E-state index < -0.39 is 19.8 Å². The second-order valence-corrected chi connectivity index (χ2v) is 15.0. The predicted molar refractivity (Wildman–Crippen MR) is 146 cm³/mol. The molecule has 2 saturated heterocycles. The number of amides is 2. The molecule has 2 fully saturated rings. The Bertz CT molecular complexity index is 1080. The molecule has 0 bridgehead atoms. The quantitative estimate of drug-likeness (QED) is 0.413. The third-order valence-corrected chi connectivity index (χ3v) is 13.3. The minimum absolute atomic E-state index is 0.0112. The smallest absolute Gasteiger partial charge is 0.326 e. The van der Waals surface area contributed by atoms with E-state index in [0.29, 0.717) is 0 Å². The Hall–Kier alpha value is -2.67. The van der Waals surface area contributed by atoms with E-state index in [9.17, 15) is 9.90 Å². The van der Waals surface area contributed by atoms with Crippen LogP contribution in [0.3, 0.4) is 0 Å². The summed E-state index contributed by atoms with van der Waals surface area (Å²) >= 11 is 0. The van der Waals surface area contributed by atoms with E-state index in [4.69, 9.17) is 4.43 Å². The predicted octanol–water partition coefficient (Wildman–Crippen LogP) is 6.24. The lowest BCUT2D eigenvalue weighted by Gasteiger charge is -2.41. The van der Waals surface area contributed by atoms with Gasteiger partial charge >= 0.3 is 6.03 Å². The standard InChI is InChI=1S/C30H38N2O3Si/c1-4-36(5-2,6-3)35-28-27-21-14-22-31(27)29(33)32(28)26-20-13-19-25(26)30(34,23-15-9-7-10-16-23)24-17-11-8-12-18-24/h7-13,15-20,25,27-28,34H,4-6,14,21-22H2,1-3H3/t25?,27-,28+/m0/s1. The molecule has 1 unspecified atom stereocenters. The molecule has 0 saturated carbocycles. The number of carbonyl (C=O) groups is 1. The van der Waals surface area contributed by atoms with Gasteiger partial charge in [-0.05, 0) is 48.2 Å². The summed E-state index contributed by atoms with van der Waals surface area (Å²) in [4.78, 5) is 17.8. The van der Waals surface area contributed by atoms with Crippen LogP contribution < -0.4 is 0 Å². The molecule has 190 valence electrons. The summed E-state index contributed by atoms with van der Waals surface area (Å²) in [6.07, 6.45) is 7.69. The number of rotatable bonds is 9. The summed E-state index contributed by atoms with van der Waals surface area (Å²) in [5.41, 5.74) is 1.11. The molecule has 5 nitrogen and oxygen atoms in total. The molecule has 0 aromatic heterocycles. The normalized spacial score (nSPS) is 23.9. The fourth-order valence-corrected chi connectivity index (χ4v) is 9.13. The first kappa shape index (κ1) is 25.0. The van der Waals surface area contributed by atoms with Gasteiger partial charge in [-0.15, -0.1) is 0 Å². The van der Waals surface area contributed by atoms with Gasteiger partial charge in [0.25, 0.3) is 0 Å². The first-order chi connectivity index (χ1) is 17.5. The molecular formula is C30H38N2O3Si. The molecule has 2 heterocycles. The first-order valence-electron chi connectivity index (χ1n) is 13.5. The Morgan fingerprint density at radius 3 is 2.11 bits per heavy atom. The van der Waals surface area contributed by atoms with Crippen molar-refractivity contribution in [1.82, 2.24) is 9.80 Å². The summed E-state index contributed by atoms with van der Waals surface area (Å²) in [7, 11) is -1.99. The van der Waals surface area contributed by atoms with Crippen molar-refractivity contribution in [2.24, 2.45) is 5.92 Å². The van der Waals surface area contributed by atoms with Crippen molar-refractivity contribution in [2.45, 2.75) is 69.6 Å². The Balaban J connectivity index is 1.59. The summed E-state index contributed by atoms with van der Waals surface area (Å²) in [6, 6.07) is 22.8. The topological polar surface area (TPSA) is 53.0 Å². The van der Waals surface area contributed by atoms with Crippen LogP contribution in [-0.4, -0.2) is 48.1 Å². The average Bonchev–Trinajstić information content (AvgIpc) is 3.66. The van der Waals surface area contributed by atoms with Crippen molar-refractivity contribution < 1.29 is 14.3 Å². The maximum Gasteiger partial charge on any atom is 0.326 e. The molecule has 1 aliphatic carbocycles. The molecule has 2 aromatic carbocycles. The third kappa shape index (κ3) is 3.96. The zero-order valence-corrected chi connectivity index (χ0v) is 22.6. The van der Waals surface area contributed by atoms with Crippen LogP contribution in [0.15, 0.2) is 84.6 Å². The highest BCUT2D eigenvalue weighted by atomic mass is 28.4. The number of benzene rings is 2. The molecule has 1 N–H and O–H groups in total. The van der Waals surface area contributed by atoms with Crippen LogP contribution in [0.2, 0.25) is 18.1 Å². The van der Waals surface area contributed by atoms with Gasteiger partial charge < -0.3 is 14.4 Å².